The van der Waals surface area contributed by atoms with Gasteiger partial charge in [0, 0.05) is 19.5 Å². The SMILES string of the molecule is CC(C)(C)CNC(=O)[C@H](Cc1ccccc1)NC(=O)[C@@H]1CCCCN1S(=O)(=O)c1ccccc1. The van der Waals surface area contributed by atoms with Crippen LogP contribution in [-0.4, -0.2) is 49.7 Å². The lowest BCUT2D eigenvalue weighted by atomic mass is 9.96. The van der Waals surface area contributed by atoms with Gasteiger partial charge < -0.3 is 10.6 Å². The van der Waals surface area contributed by atoms with E-state index in [1.54, 1.807) is 18.2 Å². The first-order valence-corrected chi connectivity index (χ1v) is 13.2. The molecule has 1 heterocycles. The van der Waals surface area contributed by atoms with Crippen LogP contribution in [0.2, 0.25) is 0 Å². The van der Waals surface area contributed by atoms with E-state index in [4.69, 9.17) is 0 Å². The third-order valence-electron chi connectivity index (χ3n) is 5.81. The molecule has 184 valence electrons. The summed E-state index contributed by atoms with van der Waals surface area (Å²) in [7, 11) is -3.83. The minimum Gasteiger partial charge on any atom is -0.354 e. The van der Waals surface area contributed by atoms with Gasteiger partial charge in [0.25, 0.3) is 0 Å². The predicted molar refractivity (Wildman–Crippen MR) is 133 cm³/mol. The van der Waals surface area contributed by atoms with Crippen molar-refractivity contribution in [3.63, 3.8) is 0 Å². The molecule has 1 fully saturated rings. The number of carbonyl (C=O) groups excluding carboxylic acids is 2. The number of carbonyl (C=O) groups is 2. The number of hydrogen-bond acceptors (Lipinski definition) is 4. The number of nitrogens with zero attached hydrogens (tertiary/aromatic N) is 1. The molecular formula is C26H35N3O4S. The maximum atomic E-state index is 13.4. The number of sulfonamides is 1. The smallest absolute Gasteiger partial charge is 0.243 e. The lowest BCUT2D eigenvalue weighted by Gasteiger charge is -2.34. The first kappa shape index (κ1) is 25.9. The molecule has 0 aliphatic carbocycles. The fourth-order valence-corrected chi connectivity index (χ4v) is 5.66. The molecule has 2 aromatic rings. The quantitative estimate of drug-likeness (QED) is 0.601. The van der Waals surface area contributed by atoms with Gasteiger partial charge in [-0.1, -0.05) is 75.7 Å². The van der Waals surface area contributed by atoms with Gasteiger partial charge >= 0.3 is 0 Å². The van der Waals surface area contributed by atoms with Crippen LogP contribution in [0.15, 0.2) is 65.6 Å². The molecule has 2 atom stereocenters. The Hall–Kier alpha value is -2.71. The molecule has 7 nitrogen and oxygen atoms in total. The lowest BCUT2D eigenvalue weighted by Crippen LogP contribution is -2.57. The van der Waals surface area contributed by atoms with Crippen LogP contribution in [0.25, 0.3) is 0 Å². The van der Waals surface area contributed by atoms with Crippen LogP contribution in [-0.2, 0) is 26.0 Å². The molecule has 3 rings (SSSR count). The Morgan fingerprint density at radius 1 is 1.00 bits per heavy atom. The fourth-order valence-electron chi connectivity index (χ4n) is 3.99. The molecule has 0 spiro atoms. The zero-order chi connectivity index (χ0) is 24.8. The number of hydrogen-bond donors (Lipinski definition) is 2. The Morgan fingerprint density at radius 3 is 2.24 bits per heavy atom. The van der Waals surface area contributed by atoms with Gasteiger partial charge in [-0.15, -0.1) is 0 Å². The van der Waals surface area contributed by atoms with Crippen molar-refractivity contribution >= 4 is 21.8 Å². The molecule has 34 heavy (non-hydrogen) atoms. The lowest BCUT2D eigenvalue weighted by molar-refractivity contribution is -0.131. The van der Waals surface area contributed by atoms with Crippen LogP contribution >= 0.6 is 0 Å². The minimum absolute atomic E-state index is 0.110. The molecule has 0 bridgehead atoms. The molecule has 0 saturated carbocycles. The van der Waals surface area contributed by atoms with Gasteiger partial charge in [-0.3, -0.25) is 9.59 Å². The standard InChI is InChI=1S/C26H35N3O4S/c1-26(2,3)19-27-24(30)22(18-20-12-6-4-7-13-20)28-25(31)23-16-10-11-17-29(23)34(32,33)21-14-8-5-9-15-21/h4-9,12-15,22-23H,10-11,16-19H2,1-3H3,(H,27,30)(H,28,31)/t22-,23-/m0/s1. The summed E-state index contributed by atoms with van der Waals surface area (Å²) in [4.78, 5) is 26.6. The van der Waals surface area contributed by atoms with Crippen molar-refractivity contribution in [1.29, 1.82) is 0 Å². The van der Waals surface area contributed by atoms with E-state index < -0.39 is 28.0 Å². The fraction of sp³-hybridized carbons (Fsp3) is 0.462. The van der Waals surface area contributed by atoms with E-state index in [0.29, 0.717) is 25.8 Å². The van der Waals surface area contributed by atoms with Gasteiger partial charge in [0.2, 0.25) is 21.8 Å². The summed E-state index contributed by atoms with van der Waals surface area (Å²) in [5.41, 5.74) is 0.803. The van der Waals surface area contributed by atoms with Gasteiger partial charge in [-0.05, 0) is 36.0 Å². The third-order valence-corrected chi connectivity index (χ3v) is 7.74. The van der Waals surface area contributed by atoms with E-state index in [1.165, 1.54) is 16.4 Å². The van der Waals surface area contributed by atoms with Crippen molar-refractivity contribution in [3.05, 3.63) is 66.2 Å². The summed E-state index contributed by atoms with van der Waals surface area (Å²) in [6.07, 6.45) is 2.17. The van der Waals surface area contributed by atoms with Crippen molar-refractivity contribution < 1.29 is 18.0 Å². The van der Waals surface area contributed by atoms with Crippen LogP contribution in [0.4, 0.5) is 0 Å². The zero-order valence-corrected chi connectivity index (χ0v) is 21.0. The van der Waals surface area contributed by atoms with Gasteiger partial charge in [0.05, 0.1) is 4.90 Å². The van der Waals surface area contributed by atoms with Crippen LogP contribution in [0.3, 0.4) is 0 Å². The van der Waals surface area contributed by atoms with E-state index in [-0.39, 0.29) is 22.8 Å². The third kappa shape index (κ3) is 6.90. The van der Waals surface area contributed by atoms with Crippen molar-refractivity contribution in [1.82, 2.24) is 14.9 Å². The normalized spacial score (nSPS) is 18.1. The molecule has 0 aromatic heterocycles. The van der Waals surface area contributed by atoms with E-state index in [0.717, 1.165) is 12.0 Å². The van der Waals surface area contributed by atoms with Crippen molar-refractivity contribution in [3.8, 4) is 0 Å². The van der Waals surface area contributed by atoms with Gasteiger partial charge in [-0.2, -0.15) is 4.31 Å². The molecule has 2 aromatic carbocycles. The van der Waals surface area contributed by atoms with Crippen molar-refractivity contribution in [2.24, 2.45) is 5.41 Å². The minimum atomic E-state index is -3.83. The molecule has 8 heteroatoms. The van der Waals surface area contributed by atoms with Crippen molar-refractivity contribution in [2.45, 2.75) is 63.4 Å². The summed E-state index contributed by atoms with van der Waals surface area (Å²) in [6, 6.07) is 16.0. The maximum absolute atomic E-state index is 13.4. The number of nitrogens with one attached hydrogen (secondary N) is 2. The van der Waals surface area contributed by atoms with Crippen LogP contribution < -0.4 is 10.6 Å². The Kier molecular flexibility index (Phi) is 8.49. The molecule has 1 aliphatic heterocycles. The van der Waals surface area contributed by atoms with E-state index in [2.05, 4.69) is 10.6 Å². The highest BCUT2D eigenvalue weighted by Crippen LogP contribution is 2.25. The molecule has 0 unspecified atom stereocenters. The maximum Gasteiger partial charge on any atom is 0.243 e. The van der Waals surface area contributed by atoms with E-state index >= 15 is 0 Å². The average Bonchev–Trinajstić information content (AvgIpc) is 2.83. The number of amides is 2. The molecule has 1 aliphatic rings. The summed E-state index contributed by atoms with van der Waals surface area (Å²) in [6.45, 7) is 6.80. The predicted octanol–water partition coefficient (Wildman–Crippen LogP) is 3.12. The molecular weight excluding hydrogens is 450 g/mol. The topological polar surface area (TPSA) is 95.6 Å². The largest absolute Gasteiger partial charge is 0.354 e. The number of rotatable bonds is 8. The Bertz CT molecular complexity index is 1070. The second-order valence-electron chi connectivity index (χ2n) is 9.97. The first-order chi connectivity index (χ1) is 16.1. The summed E-state index contributed by atoms with van der Waals surface area (Å²) in [5.74, 6) is -0.716. The van der Waals surface area contributed by atoms with E-state index in [9.17, 15) is 18.0 Å². The molecule has 0 radical (unpaired) electrons. The van der Waals surface area contributed by atoms with Crippen LogP contribution in [0, 0.1) is 5.41 Å². The molecule has 2 amide bonds. The highest BCUT2D eigenvalue weighted by molar-refractivity contribution is 7.89. The van der Waals surface area contributed by atoms with Crippen LogP contribution in [0.5, 0.6) is 0 Å². The monoisotopic (exact) mass is 485 g/mol. The summed E-state index contributed by atoms with van der Waals surface area (Å²) >= 11 is 0. The Morgan fingerprint density at radius 2 is 1.62 bits per heavy atom. The zero-order valence-electron chi connectivity index (χ0n) is 20.2. The Labute approximate surface area is 203 Å². The number of piperidine rings is 1. The van der Waals surface area contributed by atoms with Crippen LogP contribution in [0.1, 0.15) is 45.6 Å². The highest BCUT2D eigenvalue weighted by Gasteiger charge is 2.38. The second-order valence-corrected chi connectivity index (χ2v) is 11.9. The van der Waals surface area contributed by atoms with Gasteiger partial charge in [0.15, 0.2) is 0 Å². The highest BCUT2D eigenvalue weighted by atomic mass is 32.2. The van der Waals surface area contributed by atoms with Gasteiger partial charge in [-0.25, -0.2) is 8.42 Å². The first-order valence-electron chi connectivity index (χ1n) is 11.8. The van der Waals surface area contributed by atoms with Crippen molar-refractivity contribution in [2.75, 3.05) is 13.1 Å². The van der Waals surface area contributed by atoms with Gasteiger partial charge in [0.1, 0.15) is 12.1 Å². The average molecular weight is 486 g/mol. The van der Waals surface area contributed by atoms with E-state index in [1.807, 2.05) is 51.1 Å². The summed E-state index contributed by atoms with van der Waals surface area (Å²) < 4.78 is 27.9. The number of benzene rings is 2. The summed E-state index contributed by atoms with van der Waals surface area (Å²) in [5, 5.41) is 5.80. The molecule has 1 saturated heterocycles. The second kappa shape index (κ2) is 11.1. The molecule has 2 N–H and O–H groups in total. The Balaban J connectivity index is 1.81.